The standard InChI is InChI=1S/C9H14N2O/c1-7(12)6-9(10)8-2-4-11-5-3-8/h2-5,7,9,12H,6,10H2,1H3. The molecule has 0 aliphatic rings. The molecule has 0 fully saturated rings. The normalized spacial score (nSPS) is 15.6. The first kappa shape index (κ1) is 9.16. The number of aromatic nitrogens is 1. The number of rotatable bonds is 3. The van der Waals surface area contributed by atoms with Crippen molar-refractivity contribution >= 4 is 0 Å². The first-order valence-corrected chi connectivity index (χ1v) is 4.03. The maximum Gasteiger partial charge on any atom is 0.0530 e. The highest BCUT2D eigenvalue weighted by molar-refractivity contribution is 5.14. The fraction of sp³-hybridized carbons (Fsp3) is 0.444. The highest BCUT2D eigenvalue weighted by Crippen LogP contribution is 2.13. The van der Waals surface area contributed by atoms with Gasteiger partial charge in [-0.2, -0.15) is 0 Å². The molecule has 1 aromatic heterocycles. The average molecular weight is 166 g/mol. The van der Waals surface area contributed by atoms with Gasteiger partial charge in [-0.3, -0.25) is 4.98 Å². The van der Waals surface area contributed by atoms with Crippen molar-refractivity contribution in [2.75, 3.05) is 0 Å². The number of aliphatic hydroxyl groups excluding tert-OH is 1. The van der Waals surface area contributed by atoms with Crippen LogP contribution in [-0.4, -0.2) is 16.2 Å². The Morgan fingerprint density at radius 3 is 2.58 bits per heavy atom. The number of hydrogen-bond donors (Lipinski definition) is 2. The fourth-order valence-corrected chi connectivity index (χ4v) is 1.11. The molecule has 3 N–H and O–H groups in total. The van der Waals surface area contributed by atoms with Gasteiger partial charge < -0.3 is 10.8 Å². The summed E-state index contributed by atoms with van der Waals surface area (Å²) >= 11 is 0. The smallest absolute Gasteiger partial charge is 0.0530 e. The van der Waals surface area contributed by atoms with Crippen molar-refractivity contribution in [1.29, 1.82) is 0 Å². The van der Waals surface area contributed by atoms with Crippen molar-refractivity contribution in [3.05, 3.63) is 30.1 Å². The van der Waals surface area contributed by atoms with Crippen molar-refractivity contribution in [2.45, 2.75) is 25.5 Å². The Morgan fingerprint density at radius 1 is 1.50 bits per heavy atom. The first-order valence-electron chi connectivity index (χ1n) is 4.03. The van der Waals surface area contributed by atoms with Gasteiger partial charge in [0, 0.05) is 18.4 Å². The molecule has 1 rings (SSSR count). The highest BCUT2D eigenvalue weighted by Gasteiger charge is 2.07. The molecule has 1 heterocycles. The van der Waals surface area contributed by atoms with Crippen LogP contribution in [0.1, 0.15) is 24.9 Å². The van der Waals surface area contributed by atoms with E-state index >= 15 is 0 Å². The lowest BCUT2D eigenvalue weighted by atomic mass is 10.0. The number of hydrogen-bond acceptors (Lipinski definition) is 3. The van der Waals surface area contributed by atoms with E-state index in [1.807, 2.05) is 12.1 Å². The molecular weight excluding hydrogens is 152 g/mol. The molecule has 0 bridgehead atoms. The minimum absolute atomic E-state index is 0.0898. The van der Waals surface area contributed by atoms with Gasteiger partial charge in [0.05, 0.1) is 6.10 Å². The quantitative estimate of drug-likeness (QED) is 0.700. The summed E-state index contributed by atoms with van der Waals surface area (Å²) in [5.41, 5.74) is 6.83. The molecule has 66 valence electrons. The third-order valence-electron chi connectivity index (χ3n) is 1.73. The van der Waals surface area contributed by atoms with Crippen molar-refractivity contribution in [3.63, 3.8) is 0 Å². The van der Waals surface area contributed by atoms with E-state index in [1.165, 1.54) is 0 Å². The summed E-state index contributed by atoms with van der Waals surface area (Å²) in [6, 6.07) is 3.65. The summed E-state index contributed by atoms with van der Waals surface area (Å²) < 4.78 is 0. The van der Waals surface area contributed by atoms with Gasteiger partial charge >= 0.3 is 0 Å². The Kier molecular flexibility index (Phi) is 3.19. The average Bonchev–Trinajstić information content (AvgIpc) is 2.05. The summed E-state index contributed by atoms with van der Waals surface area (Å²) in [4.78, 5) is 3.89. The van der Waals surface area contributed by atoms with Gasteiger partial charge in [0.1, 0.15) is 0 Å². The third kappa shape index (κ3) is 2.60. The lowest BCUT2D eigenvalue weighted by Crippen LogP contribution is -2.16. The van der Waals surface area contributed by atoms with Gasteiger partial charge in [0.2, 0.25) is 0 Å². The summed E-state index contributed by atoms with van der Waals surface area (Å²) in [5.74, 6) is 0. The van der Waals surface area contributed by atoms with Crippen LogP contribution in [0.2, 0.25) is 0 Å². The maximum absolute atomic E-state index is 9.09. The Bertz CT molecular complexity index is 223. The Hall–Kier alpha value is -0.930. The molecular formula is C9H14N2O. The monoisotopic (exact) mass is 166 g/mol. The molecule has 2 atom stereocenters. The van der Waals surface area contributed by atoms with Crippen LogP contribution >= 0.6 is 0 Å². The Morgan fingerprint density at radius 2 is 2.08 bits per heavy atom. The molecule has 0 spiro atoms. The molecule has 0 saturated carbocycles. The lowest BCUT2D eigenvalue weighted by molar-refractivity contribution is 0.175. The predicted octanol–water partition coefficient (Wildman–Crippen LogP) is 0.852. The van der Waals surface area contributed by atoms with Gasteiger partial charge in [-0.15, -0.1) is 0 Å². The van der Waals surface area contributed by atoms with Gasteiger partial charge in [0.15, 0.2) is 0 Å². The number of pyridine rings is 1. The molecule has 0 saturated heterocycles. The van der Waals surface area contributed by atoms with Crippen LogP contribution in [0.5, 0.6) is 0 Å². The largest absolute Gasteiger partial charge is 0.393 e. The predicted molar refractivity (Wildman–Crippen MR) is 47.5 cm³/mol. The van der Waals surface area contributed by atoms with Crippen LogP contribution in [0.25, 0.3) is 0 Å². The topological polar surface area (TPSA) is 59.1 Å². The number of aliphatic hydroxyl groups is 1. The fourth-order valence-electron chi connectivity index (χ4n) is 1.11. The molecule has 0 aromatic carbocycles. The van der Waals surface area contributed by atoms with Gasteiger partial charge in [0.25, 0.3) is 0 Å². The summed E-state index contributed by atoms with van der Waals surface area (Å²) in [6.07, 6.45) is 3.64. The van der Waals surface area contributed by atoms with Gasteiger partial charge in [-0.25, -0.2) is 0 Å². The molecule has 0 aliphatic heterocycles. The summed E-state index contributed by atoms with van der Waals surface area (Å²) in [6.45, 7) is 1.74. The molecule has 3 nitrogen and oxygen atoms in total. The van der Waals surface area contributed by atoms with E-state index in [-0.39, 0.29) is 12.1 Å². The summed E-state index contributed by atoms with van der Waals surface area (Å²) in [7, 11) is 0. The zero-order valence-electron chi connectivity index (χ0n) is 7.14. The Labute approximate surface area is 72.2 Å². The molecule has 0 aliphatic carbocycles. The van der Waals surface area contributed by atoms with Gasteiger partial charge in [-0.05, 0) is 31.0 Å². The molecule has 2 unspecified atom stereocenters. The van der Waals surface area contributed by atoms with Crippen molar-refractivity contribution < 1.29 is 5.11 Å². The van der Waals surface area contributed by atoms with Crippen LogP contribution in [0.3, 0.4) is 0 Å². The van der Waals surface area contributed by atoms with Crippen LogP contribution in [-0.2, 0) is 0 Å². The second kappa shape index (κ2) is 4.18. The second-order valence-electron chi connectivity index (χ2n) is 2.97. The lowest BCUT2D eigenvalue weighted by Gasteiger charge is -2.12. The van der Waals surface area contributed by atoms with Crippen LogP contribution in [0.15, 0.2) is 24.5 Å². The van der Waals surface area contributed by atoms with E-state index in [4.69, 9.17) is 10.8 Å². The second-order valence-corrected chi connectivity index (χ2v) is 2.97. The zero-order chi connectivity index (χ0) is 8.97. The van der Waals surface area contributed by atoms with Crippen molar-refractivity contribution in [2.24, 2.45) is 5.73 Å². The van der Waals surface area contributed by atoms with E-state index in [0.29, 0.717) is 6.42 Å². The molecule has 12 heavy (non-hydrogen) atoms. The molecule has 0 amide bonds. The van der Waals surface area contributed by atoms with Crippen molar-refractivity contribution in [3.8, 4) is 0 Å². The molecule has 3 heteroatoms. The number of nitrogens with zero attached hydrogens (tertiary/aromatic N) is 1. The van der Waals surface area contributed by atoms with Crippen LogP contribution in [0.4, 0.5) is 0 Å². The minimum atomic E-state index is -0.354. The maximum atomic E-state index is 9.09. The van der Waals surface area contributed by atoms with Crippen LogP contribution < -0.4 is 5.73 Å². The van der Waals surface area contributed by atoms with E-state index in [2.05, 4.69) is 4.98 Å². The first-order chi connectivity index (χ1) is 5.70. The zero-order valence-corrected chi connectivity index (χ0v) is 7.14. The third-order valence-corrected chi connectivity index (χ3v) is 1.73. The van der Waals surface area contributed by atoms with Crippen LogP contribution in [0, 0.1) is 0 Å². The van der Waals surface area contributed by atoms with E-state index in [1.54, 1.807) is 19.3 Å². The molecule has 1 aromatic rings. The van der Waals surface area contributed by atoms with E-state index in [9.17, 15) is 0 Å². The minimum Gasteiger partial charge on any atom is -0.393 e. The van der Waals surface area contributed by atoms with E-state index < -0.39 is 0 Å². The summed E-state index contributed by atoms with van der Waals surface area (Å²) in [5, 5.41) is 9.09. The molecule has 0 radical (unpaired) electrons. The highest BCUT2D eigenvalue weighted by atomic mass is 16.3. The SMILES string of the molecule is CC(O)CC(N)c1ccncc1. The number of nitrogens with two attached hydrogens (primary N) is 1. The van der Waals surface area contributed by atoms with Crippen molar-refractivity contribution in [1.82, 2.24) is 4.98 Å². The van der Waals surface area contributed by atoms with E-state index in [0.717, 1.165) is 5.56 Å². The van der Waals surface area contributed by atoms with Gasteiger partial charge in [-0.1, -0.05) is 0 Å². The Balaban J connectivity index is 2.59.